The first-order valence-electron chi connectivity index (χ1n) is 9.65. The van der Waals surface area contributed by atoms with Crippen LogP contribution >= 0.6 is 22.9 Å². The van der Waals surface area contributed by atoms with Crippen LogP contribution in [0.2, 0.25) is 5.02 Å². The van der Waals surface area contributed by atoms with Gasteiger partial charge in [-0.1, -0.05) is 29.8 Å². The third-order valence-electron chi connectivity index (χ3n) is 4.78. The molecule has 2 aromatic heterocycles. The summed E-state index contributed by atoms with van der Waals surface area (Å²) < 4.78 is 16.4. The molecular weight excluding hydrogens is 484 g/mol. The van der Waals surface area contributed by atoms with E-state index in [0.717, 1.165) is 11.3 Å². The van der Waals surface area contributed by atoms with Gasteiger partial charge in [0.15, 0.2) is 11.5 Å². The summed E-state index contributed by atoms with van der Waals surface area (Å²) in [6.07, 6.45) is 2.86. The predicted molar refractivity (Wildman–Crippen MR) is 124 cm³/mol. The monoisotopic (exact) mass is 494 g/mol. The summed E-state index contributed by atoms with van der Waals surface area (Å²) >= 11 is 7.34. The predicted octanol–water partition coefficient (Wildman–Crippen LogP) is 5.62. The van der Waals surface area contributed by atoms with Crippen molar-refractivity contribution >= 4 is 62.6 Å². The Morgan fingerprint density at radius 3 is 2.76 bits per heavy atom. The average molecular weight is 495 g/mol. The second-order valence-electron chi connectivity index (χ2n) is 6.92. The molecule has 9 nitrogen and oxygen atoms in total. The Balaban J connectivity index is 1.45. The highest BCUT2D eigenvalue weighted by Crippen LogP contribution is 2.38. The molecule has 0 N–H and O–H groups in total. The number of rotatable bonds is 5. The van der Waals surface area contributed by atoms with Gasteiger partial charge in [0, 0.05) is 27.8 Å². The van der Waals surface area contributed by atoms with E-state index in [2.05, 4.69) is 4.99 Å². The normalized spacial score (nSPS) is 14.3. The zero-order valence-electron chi connectivity index (χ0n) is 16.9. The summed E-state index contributed by atoms with van der Waals surface area (Å²) in [5.74, 6) is -0.929. The molecule has 0 unspecified atom stereocenters. The average Bonchev–Trinajstić information content (AvgIpc) is 3.55. The van der Waals surface area contributed by atoms with Crippen molar-refractivity contribution in [2.45, 2.75) is 0 Å². The molecule has 0 saturated carbocycles. The molecule has 4 aromatic rings. The van der Waals surface area contributed by atoms with Gasteiger partial charge in [-0.25, -0.2) is 14.6 Å². The quantitative estimate of drug-likeness (QED) is 0.116. The summed E-state index contributed by atoms with van der Waals surface area (Å²) in [5.41, 5.74) is 0.294. The Hall–Kier alpha value is -4.28. The largest absolute Gasteiger partial charge is 0.459 e. The van der Waals surface area contributed by atoms with Gasteiger partial charge in [-0.2, -0.15) is 0 Å². The number of cyclic esters (lactones) is 1. The van der Waals surface area contributed by atoms with Crippen molar-refractivity contribution in [1.29, 1.82) is 0 Å². The first-order chi connectivity index (χ1) is 16.4. The maximum absolute atomic E-state index is 12.9. The lowest BCUT2D eigenvalue weighted by Gasteiger charge is -2.07. The molecule has 5 rings (SSSR count). The van der Waals surface area contributed by atoms with E-state index in [0.29, 0.717) is 21.4 Å². The van der Waals surface area contributed by atoms with E-state index in [9.17, 15) is 19.7 Å². The van der Waals surface area contributed by atoms with Gasteiger partial charge >= 0.3 is 11.9 Å². The zero-order chi connectivity index (χ0) is 23.8. The molecule has 1 aliphatic rings. The Bertz CT molecular complexity index is 1540. The SMILES string of the molecule is O=C1OC(c2ccco2)=N/C1=C/c1ccccc1OC(=O)c1sc2cc([N+](=O)[O-])ccc2c1Cl. The van der Waals surface area contributed by atoms with Crippen molar-refractivity contribution in [2.75, 3.05) is 0 Å². The fraction of sp³-hybridized carbons (Fsp3) is 0. The van der Waals surface area contributed by atoms with Gasteiger partial charge in [0.2, 0.25) is 0 Å². The molecule has 0 amide bonds. The van der Waals surface area contributed by atoms with Crippen LogP contribution in [0.1, 0.15) is 21.0 Å². The lowest BCUT2D eigenvalue weighted by molar-refractivity contribution is -0.384. The van der Waals surface area contributed by atoms with E-state index in [1.54, 1.807) is 36.4 Å². The van der Waals surface area contributed by atoms with Crippen molar-refractivity contribution < 1.29 is 28.4 Å². The molecule has 0 atom stereocenters. The standard InChI is InChI=1S/C23H11ClN2O7S/c24-19-14-8-7-13(26(29)30)11-18(14)34-20(19)23(28)32-16-5-2-1-4-12(16)10-15-22(27)33-21(25-15)17-6-3-9-31-17/h1-11H/b15-10+. The van der Waals surface area contributed by atoms with Crippen LogP contribution in [-0.2, 0) is 9.53 Å². The Kier molecular flexibility index (Phi) is 5.44. The summed E-state index contributed by atoms with van der Waals surface area (Å²) in [6, 6.07) is 13.9. The van der Waals surface area contributed by atoms with Crippen LogP contribution in [0, 0.1) is 10.1 Å². The van der Waals surface area contributed by atoms with Crippen LogP contribution in [0.4, 0.5) is 5.69 Å². The van der Waals surface area contributed by atoms with Gasteiger partial charge in [-0.05, 0) is 30.3 Å². The minimum absolute atomic E-state index is 0.00195. The summed E-state index contributed by atoms with van der Waals surface area (Å²) in [4.78, 5) is 39.9. The second kappa shape index (κ2) is 8.58. The van der Waals surface area contributed by atoms with Crippen LogP contribution in [0.3, 0.4) is 0 Å². The molecule has 34 heavy (non-hydrogen) atoms. The Morgan fingerprint density at radius 2 is 2.00 bits per heavy atom. The number of nitrogens with zero attached hydrogens (tertiary/aromatic N) is 2. The number of hydrogen-bond acceptors (Lipinski definition) is 9. The van der Waals surface area contributed by atoms with Crippen LogP contribution < -0.4 is 4.74 Å². The minimum atomic E-state index is -0.742. The number of ether oxygens (including phenoxy) is 2. The Morgan fingerprint density at radius 1 is 1.18 bits per heavy atom. The van der Waals surface area contributed by atoms with Gasteiger partial charge in [-0.15, -0.1) is 11.3 Å². The first-order valence-corrected chi connectivity index (χ1v) is 10.8. The maximum Gasteiger partial charge on any atom is 0.363 e. The van der Waals surface area contributed by atoms with E-state index in [1.165, 1.54) is 30.5 Å². The molecule has 2 aromatic carbocycles. The lowest BCUT2D eigenvalue weighted by atomic mass is 10.1. The number of aliphatic imine (C=N–C) groups is 1. The highest BCUT2D eigenvalue weighted by atomic mass is 35.5. The minimum Gasteiger partial charge on any atom is -0.459 e. The molecule has 11 heteroatoms. The lowest BCUT2D eigenvalue weighted by Crippen LogP contribution is -2.08. The number of nitro groups is 1. The molecule has 0 saturated heterocycles. The number of para-hydroxylation sites is 1. The van der Waals surface area contributed by atoms with Crippen molar-refractivity contribution in [3.8, 4) is 5.75 Å². The van der Waals surface area contributed by atoms with E-state index in [4.69, 9.17) is 25.5 Å². The third-order valence-corrected chi connectivity index (χ3v) is 6.41. The number of nitro benzene ring substituents is 1. The van der Waals surface area contributed by atoms with Crippen molar-refractivity contribution in [3.05, 3.63) is 97.9 Å². The number of esters is 2. The number of halogens is 1. The van der Waals surface area contributed by atoms with Gasteiger partial charge in [0.05, 0.1) is 16.2 Å². The number of benzene rings is 2. The fourth-order valence-corrected chi connectivity index (χ4v) is 4.62. The zero-order valence-corrected chi connectivity index (χ0v) is 18.5. The first kappa shape index (κ1) is 21.6. The molecule has 0 bridgehead atoms. The summed E-state index contributed by atoms with van der Waals surface area (Å²) in [7, 11) is 0. The number of non-ortho nitro benzene ring substituents is 1. The van der Waals surface area contributed by atoms with E-state index in [-0.39, 0.29) is 32.9 Å². The number of fused-ring (bicyclic) bond motifs is 1. The number of furan rings is 1. The van der Waals surface area contributed by atoms with Gasteiger partial charge in [0.1, 0.15) is 10.6 Å². The van der Waals surface area contributed by atoms with E-state index in [1.807, 2.05) is 0 Å². The van der Waals surface area contributed by atoms with Gasteiger partial charge in [0.25, 0.3) is 11.6 Å². The van der Waals surface area contributed by atoms with E-state index >= 15 is 0 Å². The Labute approximate surface area is 199 Å². The van der Waals surface area contributed by atoms with Crippen molar-refractivity contribution in [3.63, 3.8) is 0 Å². The second-order valence-corrected chi connectivity index (χ2v) is 8.35. The van der Waals surface area contributed by atoms with Crippen LogP contribution in [0.15, 0.2) is 76.0 Å². The molecule has 0 aliphatic carbocycles. The number of carbonyl (C=O) groups is 2. The maximum atomic E-state index is 12.9. The molecular formula is C23H11ClN2O7S. The van der Waals surface area contributed by atoms with Gasteiger partial charge in [-0.3, -0.25) is 10.1 Å². The van der Waals surface area contributed by atoms with Crippen molar-refractivity contribution in [2.24, 2.45) is 4.99 Å². The van der Waals surface area contributed by atoms with Crippen LogP contribution in [-0.4, -0.2) is 22.8 Å². The summed E-state index contributed by atoms with van der Waals surface area (Å²) in [5, 5.41) is 11.7. The van der Waals surface area contributed by atoms with Gasteiger partial charge < -0.3 is 13.9 Å². The number of hydrogen-bond donors (Lipinski definition) is 0. The number of thiophene rings is 1. The summed E-state index contributed by atoms with van der Waals surface area (Å²) in [6.45, 7) is 0. The molecule has 0 fully saturated rings. The number of carbonyl (C=O) groups excluding carboxylic acids is 2. The molecule has 168 valence electrons. The van der Waals surface area contributed by atoms with Crippen molar-refractivity contribution in [1.82, 2.24) is 0 Å². The molecule has 0 radical (unpaired) electrons. The topological polar surface area (TPSA) is 121 Å². The molecule has 3 heterocycles. The smallest absolute Gasteiger partial charge is 0.363 e. The fourth-order valence-electron chi connectivity index (χ4n) is 3.20. The van der Waals surface area contributed by atoms with Crippen LogP contribution in [0.25, 0.3) is 16.2 Å². The van der Waals surface area contributed by atoms with Crippen LogP contribution in [0.5, 0.6) is 5.75 Å². The molecule has 1 aliphatic heterocycles. The third kappa shape index (κ3) is 3.96. The highest BCUT2D eigenvalue weighted by Gasteiger charge is 2.27. The highest BCUT2D eigenvalue weighted by molar-refractivity contribution is 7.21. The van der Waals surface area contributed by atoms with E-state index < -0.39 is 16.9 Å². The molecule has 0 spiro atoms.